The molecule has 0 unspecified atom stereocenters. The van der Waals surface area contributed by atoms with Gasteiger partial charge in [-0.3, -0.25) is 4.79 Å². The number of rotatable bonds is 3. The van der Waals surface area contributed by atoms with E-state index >= 15 is 0 Å². The van der Waals surface area contributed by atoms with E-state index in [2.05, 4.69) is 26.0 Å². The van der Waals surface area contributed by atoms with E-state index in [9.17, 15) is 4.79 Å². The summed E-state index contributed by atoms with van der Waals surface area (Å²) in [6, 6.07) is 7.01. The maximum atomic E-state index is 12.6. The molecule has 6 nitrogen and oxygen atoms in total. The molecule has 0 fully saturated rings. The number of pyridine rings is 2. The van der Waals surface area contributed by atoms with Crippen LogP contribution in [0.3, 0.4) is 0 Å². The van der Waals surface area contributed by atoms with Crippen LogP contribution in [-0.4, -0.2) is 34.7 Å². The molecule has 0 radical (unpaired) electrons. The smallest absolute Gasteiger partial charge is 0.258 e. The maximum Gasteiger partial charge on any atom is 0.258 e. The lowest BCUT2D eigenvalue weighted by Crippen LogP contribution is -2.26. The molecule has 0 saturated heterocycles. The van der Waals surface area contributed by atoms with E-state index in [0.29, 0.717) is 17.1 Å². The molecule has 0 aromatic carbocycles. The molecule has 3 heterocycles. The fraction of sp³-hybridized carbons (Fsp3) is 0.133. The predicted octanol–water partition coefficient (Wildman–Crippen LogP) is 2.78. The second-order valence-electron chi connectivity index (χ2n) is 4.66. The number of anilines is 1. The van der Waals surface area contributed by atoms with Gasteiger partial charge in [-0.15, -0.1) is 0 Å². The second-order valence-corrected chi connectivity index (χ2v) is 5.51. The van der Waals surface area contributed by atoms with Crippen LogP contribution < -0.4 is 9.64 Å². The first-order valence-corrected chi connectivity index (χ1v) is 7.30. The molecule has 3 aromatic heterocycles. The Morgan fingerprint density at radius 3 is 2.95 bits per heavy atom. The Hall–Kier alpha value is -2.41. The third-order valence-electron chi connectivity index (χ3n) is 3.34. The minimum absolute atomic E-state index is 0.121. The average Bonchev–Trinajstić information content (AvgIpc) is 2.94. The van der Waals surface area contributed by atoms with Crippen molar-refractivity contribution in [3.8, 4) is 5.88 Å². The van der Waals surface area contributed by atoms with Crippen LogP contribution in [0, 0.1) is 0 Å². The number of carbonyl (C=O) groups excluding carboxylic acids is 1. The van der Waals surface area contributed by atoms with Crippen molar-refractivity contribution in [1.29, 1.82) is 0 Å². The molecule has 0 bridgehead atoms. The molecule has 0 aliphatic carbocycles. The molecule has 1 amide bonds. The highest BCUT2D eigenvalue weighted by Gasteiger charge is 2.15. The SMILES string of the molecule is COc1cc(N(C)C(=O)c2ccn3ncc(Br)c3c2)ccn1. The minimum Gasteiger partial charge on any atom is -0.481 e. The number of halogens is 1. The van der Waals surface area contributed by atoms with Crippen molar-refractivity contribution in [2.24, 2.45) is 0 Å². The minimum atomic E-state index is -0.121. The van der Waals surface area contributed by atoms with Crippen molar-refractivity contribution in [1.82, 2.24) is 14.6 Å². The van der Waals surface area contributed by atoms with Gasteiger partial charge in [-0.1, -0.05) is 0 Å². The van der Waals surface area contributed by atoms with Gasteiger partial charge >= 0.3 is 0 Å². The van der Waals surface area contributed by atoms with Crippen LogP contribution in [0.4, 0.5) is 5.69 Å². The molecular formula is C15H13BrN4O2. The summed E-state index contributed by atoms with van der Waals surface area (Å²) in [5.41, 5.74) is 2.13. The van der Waals surface area contributed by atoms with E-state index in [1.54, 1.807) is 66.4 Å². The van der Waals surface area contributed by atoms with Gasteiger partial charge in [-0.05, 0) is 34.1 Å². The van der Waals surface area contributed by atoms with E-state index in [1.165, 1.54) is 0 Å². The monoisotopic (exact) mass is 360 g/mol. The lowest BCUT2D eigenvalue weighted by molar-refractivity contribution is 0.0993. The summed E-state index contributed by atoms with van der Waals surface area (Å²) in [6.45, 7) is 0. The summed E-state index contributed by atoms with van der Waals surface area (Å²) >= 11 is 3.42. The summed E-state index contributed by atoms with van der Waals surface area (Å²) in [7, 11) is 3.26. The molecule has 3 aromatic rings. The van der Waals surface area contributed by atoms with Gasteiger partial charge in [0.2, 0.25) is 5.88 Å². The first kappa shape index (κ1) is 14.5. The summed E-state index contributed by atoms with van der Waals surface area (Å²) in [4.78, 5) is 18.2. The van der Waals surface area contributed by atoms with Crippen molar-refractivity contribution < 1.29 is 9.53 Å². The van der Waals surface area contributed by atoms with Gasteiger partial charge in [-0.25, -0.2) is 9.50 Å². The fourth-order valence-electron chi connectivity index (χ4n) is 2.11. The van der Waals surface area contributed by atoms with Gasteiger partial charge in [0.15, 0.2) is 0 Å². The standard InChI is InChI=1S/C15H13BrN4O2/c1-19(11-3-5-17-14(8-11)22-2)15(21)10-4-6-20-13(7-10)12(16)9-18-20/h3-9H,1-2H3. The number of amides is 1. The van der Waals surface area contributed by atoms with Gasteiger partial charge in [0.25, 0.3) is 5.91 Å². The number of hydrogen-bond acceptors (Lipinski definition) is 4. The van der Waals surface area contributed by atoms with Crippen molar-refractivity contribution in [2.45, 2.75) is 0 Å². The summed E-state index contributed by atoms with van der Waals surface area (Å²) in [6.07, 6.45) is 5.06. The number of hydrogen-bond donors (Lipinski definition) is 0. The maximum absolute atomic E-state index is 12.6. The Bertz CT molecular complexity index is 846. The molecule has 0 saturated carbocycles. The zero-order valence-electron chi connectivity index (χ0n) is 12.0. The van der Waals surface area contributed by atoms with E-state index in [-0.39, 0.29) is 5.91 Å². The molecule has 0 aliphatic rings. The number of carbonyl (C=O) groups is 1. The lowest BCUT2D eigenvalue weighted by Gasteiger charge is -2.17. The van der Waals surface area contributed by atoms with Crippen LogP contribution >= 0.6 is 15.9 Å². The topological polar surface area (TPSA) is 59.7 Å². The average molecular weight is 361 g/mol. The van der Waals surface area contributed by atoms with Gasteiger partial charge in [0, 0.05) is 31.1 Å². The number of methoxy groups -OCH3 is 1. The first-order valence-electron chi connectivity index (χ1n) is 6.51. The van der Waals surface area contributed by atoms with Crippen LogP contribution in [0.2, 0.25) is 0 Å². The molecule has 7 heteroatoms. The van der Waals surface area contributed by atoms with E-state index in [1.807, 2.05) is 0 Å². The summed E-state index contributed by atoms with van der Waals surface area (Å²) in [5.74, 6) is 0.343. The van der Waals surface area contributed by atoms with E-state index in [4.69, 9.17) is 4.74 Å². The molecular weight excluding hydrogens is 348 g/mol. The van der Waals surface area contributed by atoms with Crippen molar-refractivity contribution in [2.75, 3.05) is 19.1 Å². The van der Waals surface area contributed by atoms with Crippen LogP contribution in [0.5, 0.6) is 5.88 Å². The van der Waals surface area contributed by atoms with Gasteiger partial charge in [0.1, 0.15) is 0 Å². The lowest BCUT2D eigenvalue weighted by atomic mass is 10.2. The highest BCUT2D eigenvalue weighted by Crippen LogP contribution is 2.22. The highest BCUT2D eigenvalue weighted by molar-refractivity contribution is 9.10. The molecule has 112 valence electrons. The van der Waals surface area contributed by atoms with Crippen molar-refractivity contribution in [3.05, 3.63) is 52.9 Å². The number of ether oxygens (including phenoxy) is 1. The summed E-state index contributed by atoms with van der Waals surface area (Å²) < 4.78 is 7.63. The first-order chi connectivity index (χ1) is 10.6. The number of fused-ring (bicyclic) bond motifs is 1. The van der Waals surface area contributed by atoms with Crippen LogP contribution in [-0.2, 0) is 0 Å². The largest absolute Gasteiger partial charge is 0.481 e. The Morgan fingerprint density at radius 2 is 2.18 bits per heavy atom. The number of aromatic nitrogens is 3. The Balaban J connectivity index is 1.95. The van der Waals surface area contributed by atoms with Crippen LogP contribution in [0.1, 0.15) is 10.4 Å². The van der Waals surface area contributed by atoms with E-state index in [0.717, 1.165) is 9.99 Å². The Labute approximate surface area is 135 Å². The van der Waals surface area contributed by atoms with E-state index < -0.39 is 0 Å². The molecule has 0 aliphatic heterocycles. The van der Waals surface area contributed by atoms with Gasteiger partial charge < -0.3 is 9.64 Å². The Morgan fingerprint density at radius 1 is 1.36 bits per heavy atom. The van der Waals surface area contributed by atoms with Crippen LogP contribution in [0.25, 0.3) is 5.52 Å². The normalized spacial score (nSPS) is 10.7. The van der Waals surface area contributed by atoms with Crippen molar-refractivity contribution in [3.63, 3.8) is 0 Å². The fourth-order valence-corrected chi connectivity index (χ4v) is 2.50. The molecule has 3 rings (SSSR count). The zero-order chi connectivity index (χ0) is 15.7. The molecule has 0 N–H and O–H groups in total. The summed E-state index contributed by atoms with van der Waals surface area (Å²) in [5, 5.41) is 4.16. The highest BCUT2D eigenvalue weighted by atomic mass is 79.9. The van der Waals surface area contributed by atoms with Crippen molar-refractivity contribution >= 4 is 33.0 Å². The predicted molar refractivity (Wildman–Crippen MR) is 86.4 cm³/mol. The quantitative estimate of drug-likeness (QED) is 0.720. The third-order valence-corrected chi connectivity index (χ3v) is 3.95. The van der Waals surface area contributed by atoms with Gasteiger partial charge in [-0.2, -0.15) is 5.10 Å². The zero-order valence-corrected chi connectivity index (χ0v) is 13.6. The third kappa shape index (κ3) is 2.55. The Kier molecular flexibility index (Phi) is 3.81. The number of nitrogens with zero attached hydrogens (tertiary/aromatic N) is 4. The molecule has 0 atom stereocenters. The molecule has 22 heavy (non-hydrogen) atoms. The van der Waals surface area contributed by atoms with Crippen LogP contribution in [0.15, 0.2) is 47.3 Å². The van der Waals surface area contributed by atoms with Gasteiger partial charge in [0.05, 0.1) is 29.0 Å². The molecule has 0 spiro atoms. The second kappa shape index (κ2) is 5.76.